The Morgan fingerprint density at radius 2 is 1.71 bits per heavy atom. The number of ether oxygens (including phenoxy) is 1. The minimum atomic E-state index is -1.29. The van der Waals surface area contributed by atoms with Gasteiger partial charge in [0.05, 0.1) is 0 Å². The van der Waals surface area contributed by atoms with Crippen LogP contribution in [0.5, 0.6) is 0 Å². The van der Waals surface area contributed by atoms with Crippen molar-refractivity contribution in [3.63, 3.8) is 0 Å². The monoisotopic (exact) mass is 478 g/mol. The highest BCUT2D eigenvalue weighted by Gasteiger charge is 2.44. The number of aliphatic carboxylic acids is 1. The van der Waals surface area contributed by atoms with Gasteiger partial charge in [0.1, 0.15) is 18.2 Å². The van der Waals surface area contributed by atoms with Crippen LogP contribution in [0.4, 0.5) is 4.79 Å². The van der Waals surface area contributed by atoms with Gasteiger partial charge in [-0.15, -0.1) is 0 Å². The fourth-order valence-corrected chi connectivity index (χ4v) is 5.58. The second-order valence-electron chi connectivity index (χ2n) is 9.89. The number of carbonyl (C=O) groups excluding carboxylic acids is 2. The highest BCUT2D eigenvalue weighted by Crippen LogP contribution is 2.44. The van der Waals surface area contributed by atoms with Gasteiger partial charge in [0, 0.05) is 5.92 Å². The van der Waals surface area contributed by atoms with Gasteiger partial charge in [0.25, 0.3) is 0 Å². The van der Waals surface area contributed by atoms with E-state index in [-0.39, 0.29) is 18.4 Å². The SMILES string of the molecule is CCC[C@H](NC(=O)OCC1c2ccccc2-c2ccccc21)C(=O)NC1(C(=O)O)CCCC(C)C1. The minimum absolute atomic E-state index is 0.0781. The number of hydrogen-bond donors (Lipinski definition) is 3. The van der Waals surface area contributed by atoms with Gasteiger partial charge in [0.2, 0.25) is 5.91 Å². The predicted molar refractivity (Wildman–Crippen MR) is 133 cm³/mol. The van der Waals surface area contributed by atoms with Gasteiger partial charge in [-0.1, -0.05) is 81.6 Å². The molecule has 1 saturated carbocycles. The highest BCUT2D eigenvalue weighted by atomic mass is 16.5. The van der Waals surface area contributed by atoms with Crippen LogP contribution in [0.2, 0.25) is 0 Å². The highest BCUT2D eigenvalue weighted by molar-refractivity contribution is 5.91. The predicted octanol–water partition coefficient (Wildman–Crippen LogP) is 4.84. The van der Waals surface area contributed by atoms with Crippen LogP contribution in [0.1, 0.15) is 69.4 Å². The van der Waals surface area contributed by atoms with Crippen molar-refractivity contribution in [3.05, 3.63) is 59.7 Å². The summed E-state index contributed by atoms with van der Waals surface area (Å²) in [5.41, 5.74) is 3.21. The molecule has 0 aliphatic heterocycles. The van der Waals surface area contributed by atoms with Crippen molar-refractivity contribution < 1.29 is 24.2 Å². The molecule has 0 spiro atoms. The first-order valence-corrected chi connectivity index (χ1v) is 12.5. The summed E-state index contributed by atoms with van der Waals surface area (Å²) in [6, 6.07) is 15.3. The lowest BCUT2D eigenvalue weighted by Crippen LogP contribution is -2.60. The van der Waals surface area contributed by atoms with Crippen LogP contribution in [0.25, 0.3) is 11.1 Å². The molecule has 0 bridgehead atoms. The number of carboxylic acids is 1. The van der Waals surface area contributed by atoms with E-state index in [0.717, 1.165) is 35.1 Å². The molecule has 3 atom stereocenters. The molecule has 2 unspecified atom stereocenters. The summed E-state index contributed by atoms with van der Waals surface area (Å²) >= 11 is 0. The van der Waals surface area contributed by atoms with Crippen LogP contribution < -0.4 is 10.6 Å². The van der Waals surface area contributed by atoms with Crippen LogP contribution in [0.15, 0.2) is 48.5 Å². The number of alkyl carbamates (subject to hydrolysis) is 1. The summed E-state index contributed by atoms with van der Waals surface area (Å²) in [5, 5.41) is 15.3. The second kappa shape index (κ2) is 10.5. The molecule has 2 aliphatic rings. The molecule has 2 aromatic rings. The van der Waals surface area contributed by atoms with E-state index in [1.165, 1.54) is 0 Å². The van der Waals surface area contributed by atoms with Gasteiger partial charge in [-0.2, -0.15) is 0 Å². The van der Waals surface area contributed by atoms with Crippen molar-refractivity contribution in [1.29, 1.82) is 0 Å². The minimum Gasteiger partial charge on any atom is -0.480 e. The fraction of sp³-hybridized carbons (Fsp3) is 0.464. The number of fused-ring (bicyclic) bond motifs is 3. The lowest BCUT2D eigenvalue weighted by atomic mass is 9.76. The molecule has 7 heteroatoms. The Morgan fingerprint density at radius 1 is 1.09 bits per heavy atom. The Kier molecular flexibility index (Phi) is 7.43. The first-order valence-electron chi connectivity index (χ1n) is 12.5. The number of carboxylic acid groups (broad SMARTS) is 1. The second-order valence-corrected chi connectivity index (χ2v) is 9.89. The molecular formula is C28H34N2O5. The maximum atomic E-state index is 13.1. The van der Waals surface area contributed by atoms with E-state index in [2.05, 4.69) is 22.8 Å². The average molecular weight is 479 g/mol. The average Bonchev–Trinajstić information content (AvgIpc) is 3.16. The van der Waals surface area contributed by atoms with Gasteiger partial charge in [0.15, 0.2) is 0 Å². The third-order valence-corrected chi connectivity index (χ3v) is 7.30. The molecule has 0 radical (unpaired) electrons. The van der Waals surface area contributed by atoms with Crippen molar-refractivity contribution in [2.45, 2.75) is 69.9 Å². The van der Waals surface area contributed by atoms with E-state index >= 15 is 0 Å². The largest absolute Gasteiger partial charge is 0.480 e. The first-order chi connectivity index (χ1) is 16.8. The standard InChI is InChI=1S/C28H34N2O5/c1-3-9-24(25(31)30-28(26(32)33)15-8-10-18(2)16-28)29-27(34)35-17-23-21-13-6-4-11-19(21)20-12-5-7-14-22(20)23/h4-7,11-14,18,23-24H,3,8-10,15-17H2,1-2H3,(H,29,34)(H,30,31)(H,32,33)/t18?,24-,28?/m0/s1. The zero-order valence-electron chi connectivity index (χ0n) is 20.4. The molecular weight excluding hydrogens is 444 g/mol. The summed E-state index contributed by atoms with van der Waals surface area (Å²) < 4.78 is 5.60. The Labute approximate surface area is 206 Å². The topological polar surface area (TPSA) is 105 Å². The maximum absolute atomic E-state index is 13.1. The summed E-state index contributed by atoms with van der Waals surface area (Å²) in [5.74, 6) is -1.36. The quantitative estimate of drug-likeness (QED) is 0.503. The number of nitrogens with one attached hydrogen (secondary N) is 2. The fourth-order valence-electron chi connectivity index (χ4n) is 5.58. The molecule has 7 nitrogen and oxygen atoms in total. The molecule has 0 aromatic heterocycles. The molecule has 2 aliphatic carbocycles. The van der Waals surface area contributed by atoms with E-state index in [1.807, 2.05) is 50.2 Å². The van der Waals surface area contributed by atoms with E-state index in [4.69, 9.17) is 4.74 Å². The van der Waals surface area contributed by atoms with Gasteiger partial charge >= 0.3 is 12.1 Å². The summed E-state index contributed by atoms with van der Waals surface area (Å²) in [4.78, 5) is 37.9. The molecule has 0 saturated heterocycles. The van der Waals surface area contributed by atoms with E-state index < -0.39 is 29.6 Å². The molecule has 3 N–H and O–H groups in total. The zero-order chi connectivity index (χ0) is 25.0. The number of carbonyl (C=O) groups is 3. The maximum Gasteiger partial charge on any atom is 0.407 e. The number of benzene rings is 2. The van der Waals surface area contributed by atoms with Crippen LogP contribution in [0, 0.1) is 5.92 Å². The molecule has 4 rings (SSSR count). The molecule has 2 amide bonds. The molecule has 0 heterocycles. The number of rotatable bonds is 8. The van der Waals surface area contributed by atoms with E-state index in [1.54, 1.807) is 0 Å². The van der Waals surface area contributed by atoms with Crippen molar-refractivity contribution >= 4 is 18.0 Å². The summed E-state index contributed by atoms with van der Waals surface area (Å²) in [7, 11) is 0. The zero-order valence-corrected chi connectivity index (χ0v) is 20.4. The van der Waals surface area contributed by atoms with Crippen LogP contribution in [0.3, 0.4) is 0 Å². The first kappa shape index (κ1) is 24.8. The molecule has 2 aromatic carbocycles. The Bertz CT molecular complexity index is 1050. The normalized spacial score (nSPS) is 21.9. The van der Waals surface area contributed by atoms with Crippen LogP contribution in [-0.2, 0) is 14.3 Å². The Hall–Kier alpha value is -3.35. The van der Waals surface area contributed by atoms with Crippen molar-refractivity contribution in [2.24, 2.45) is 5.92 Å². The van der Waals surface area contributed by atoms with Crippen LogP contribution in [-0.4, -0.2) is 41.3 Å². The lowest BCUT2D eigenvalue weighted by Gasteiger charge is -2.38. The van der Waals surface area contributed by atoms with Gasteiger partial charge < -0.3 is 20.5 Å². The van der Waals surface area contributed by atoms with Crippen molar-refractivity contribution in [3.8, 4) is 11.1 Å². The molecule has 186 valence electrons. The van der Waals surface area contributed by atoms with E-state index in [0.29, 0.717) is 25.7 Å². The molecule has 1 fully saturated rings. The smallest absolute Gasteiger partial charge is 0.407 e. The Balaban J connectivity index is 1.41. The lowest BCUT2D eigenvalue weighted by molar-refractivity contribution is -0.150. The van der Waals surface area contributed by atoms with Crippen molar-refractivity contribution in [1.82, 2.24) is 10.6 Å². The third kappa shape index (κ3) is 5.19. The van der Waals surface area contributed by atoms with Gasteiger partial charge in [-0.3, -0.25) is 4.79 Å². The number of hydrogen-bond acceptors (Lipinski definition) is 4. The van der Waals surface area contributed by atoms with Gasteiger partial charge in [-0.05, 0) is 47.4 Å². The van der Waals surface area contributed by atoms with Crippen molar-refractivity contribution in [2.75, 3.05) is 6.61 Å². The Morgan fingerprint density at radius 3 is 2.29 bits per heavy atom. The molecule has 35 heavy (non-hydrogen) atoms. The van der Waals surface area contributed by atoms with E-state index in [9.17, 15) is 19.5 Å². The van der Waals surface area contributed by atoms with Gasteiger partial charge in [-0.25, -0.2) is 9.59 Å². The summed E-state index contributed by atoms with van der Waals surface area (Å²) in [6.07, 6.45) is 2.83. The number of amides is 2. The summed E-state index contributed by atoms with van der Waals surface area (Å²) in [6.45, 7) is 4.06. The third-order valence-electron chi connectivity index (χ3n) is 7.30. The van der Waals surface area contributed by atoms with Crippen LogP contribution >= 0.6 is 0 Å².